The molecule has 0 N–H and O–H groups in total. The summed E-state index contributed by atoms with van der Waals surface area (Å²) in [6.45, 7) is 2.91. The molecule has 1 unspecified atom stereocenters. The molecule has 0 aliphatic carbocycles. The van der Waals surface area contributed by atoms with Gasteiger partial charge in [0.2, 0.25) is 0 Å². The van der Waals surface area contributed by atoms with Crippen molar-refractivity contribution in [3.8, 4) is 0 Å². The molecule has 1 aliphatic rings. The SMILES string of the molecule is COC(=O)c1cc([N+](=O)[O-])c(=O)n(CC(=O)c2cc(C)n(C3CCS(=O)(=O)C3)c2C)c1. The number of aromatic nitrogens is 2. The Labute approximate surface area is 177 Å². The number of nitrogens with zero attached hydrogens (tertiary/aromatic N) is 3. The van der Waals surface area contributed by atoms with Crippen molar-refractivity contribution in [3.05, 3.63) is 61.3 Å². The third-order valence-corrected chi connectivity index (χ3v) is 7.11. The fourth-order valence-electron chi connectivity index (χ4n) is 3.94. The van der Waals surface area contributed by atoms with E-state index < -0.39 is 44.3 Å². The number of carbonyl (C=O) groups is 2. The third kappa shape index (κ3) is 4.29. The molecule has 0 saturated carbocycles. The van der Waals surface area contributed by atoms with Crippen LogP contribution in [0, 0.1) is 24.0 Å². The number of hydrogen-bond donors (Lipinski definition) is 0. The molecule has 12 heteroatoms. The highest BCUT2D eigenvalue weighted by molar-refractivity contribution is 7.91. The van der Waals surface area contributed by atoms with E-state index >= 15 is 0 Å². The molecule has 11 nitrogen and oxygen atoms in total. The van der Waals surface area contributed by atoms with Gasteiger partial charge in [-0.3, -0.25) is 19.7 Å². The predicted molar refractivity (Wildman–Crippen MR) is 109 cm³/mol. The highest BCUT2D eigenvalue weighted by atomic mass is 32.2. The van der Waals surface area contributed by atoms with Gasteiger partial charge in [-0.25, -0.2) is 13.2 Å². The quantitative estimate of drug-likeness (QED) is 0.275. The maximum Gasteiger partial charge on any atom is 0.339 e. The number of hydrogen-bond acceptors (Lipinski definition) is 8. The first-order valence-corrected chi connectivity index (χ1v) is 11.2. The van der Waals surface area contributed by atoms with Crippen molar-refractivity contribution < 1.29 is 27.7 Å². The van der Waals surface area contributed by atoms with Gasteiger partial charge in [-0.1, -0.05) is 0 Å². The van der Waals surface area contributed by atoms with Crippen LogP contribution in [0.3, 0.4) is 0 Å². The molecule has 1 fully saturated rings. The van der Waals surface area contributed by atoms with Crippen molar-refractivity contribution in [1.82, 2.24) is 9.13 Å². The van der Waals surface area contributed by atoms with E-state index in [0.717, 1.165) is 23.9 Å². The van der Waals surface area contributed by atoms with E-state index in [9.17, 15) is 32.9 Å². The first-order chi connectivity index (χ1) is 14.4. The number of carbonyl (C=O) groups excluding carboxylic acids is 2. The van der Waals surface area contributed by atoms with Crippen molar-refractivity contribution in [3.63, 3.8) is 0 Å². The van der Waals surface area contributed by atoms with E-state index in [1.165, 1.54) is 0 Å². The van der Waals surface area contributed by atoms with Crippen LogP contribution >= 0.6 is 0 Å². The van der Waals surface area contributed by atoms with E-state index in [1.807, 2.05) is 0 Å². The van der Waals surface area contributed by atoms with Crippen LogP contribution in [0.5, 0.6) is 0 Å². The van der Waals surface area contributed by atoms with Gasteiger partial charge in [0.05, 0.1) is 35.6 Å². The van der Waals surface area contributed by atoms with Crippen molar-refractivity contribution >= 4 is 27.3 Å². The molecule has 1 saturated heterocycles. The summed E-state index contributed by atoms with van der Waals surface area (Å²) < 4.78 is 30.8. The van der Waals surface area contributed by atoms with Crippen molar-refractivity contribution in [2.45, 2.75) is 32.9 Å². The summed E-state index contributed by atoms with van der Waals surface area (Å²) >= 11 is 0. The molecule has 0 aromatic carbocycles. The fourth-order valence-corrected chi connectivity index (χ4v) is 5.64. The second-order valence-electron chi connectivity index (χ2n) is 7.43. The van der Waals surface area contributed by atoms with Crippen LogP contribution in [-0.4, -0.2) is 52.8 Å². The van der Waals surface area contributed by atoms with Gasteiger partial charge >= 0.3 is 17.2 Å². The number of Topliss-reactive ketones (excluding diaryl/α,β-unsaturated/α-hetero) is 1. The highest BCUT2D eigenvalue weighted by Gasteiger charge is 2.32. The maximum atomic E-state index is 12.9. The van der Waals surface area contributed by atoms with Gasteiger partial charge < -0.3 is 13.9 Å². The average molecular weight is 451 g/mol. The number of aryl methyl sites for hydroxylation is 1. The van der Waals surface area contributed by atoms with Crippen LogP contribution in [0.4, 0.5) is 5.69 Å². The van der Waals surface area contributed by atoms with Gasteiger partial charge in [0, 0.05) is 35.3 Å². The van der Waals surface area contributed by atoms with Crippen molar-refractivity contribution in [2.24, 2.45) is 0 Å². The van der Waals surface area contributed by atoms with E-state index in [-0.39, 0.29) is 28.7 Å². The Kier molecular flexibility index (Phi) is 5.85. The van der Waals surface area contributed by atoms with Gasteiger partial charge in [0.15, 0.2) is 15.6 Å². The maximum absolute atomic E-state index is 12.9. The number of esters is 1. The van der Waals surface area contributed by atoms with Crippen molar-refractivity contribution in [2.75, 3.05) is 18.6 Å². The lowest BCUT2D eigenvalue weighted by Gasteiger charge is -2.16. The standard InChI is InChI=1S/C19H21N3O8S/c1-11-6-15(12(2)21(11)14-4-5-31(28,29)10-14)17(23)9-20-8-13(19(25)30-3)7-16(18(20)24)22(26)27/h6-8,14H,4-5,9-10H2,1-3H3. The van der Waals surface area contributed by atoms with Crippen LogP contribution in [0.15, 0.2) is 23.1 Å². The minimum atomic E-state index is -3.13. The molecule has 2 aromatic rings. The summed E-state index contributed by atoms with van der Waals surface area (Å²) in [6, 6.07) is 2.13. The summed E-state index contributed by atoms with van der Waals surface area (Å²) in [4.78, 5) is 47.5. The van der Waals surface area contributed by atoms with E-state index in [0.29, 0.717) is 17.8 Å². The lowest BCUT2D eigenvalue weighted by molar-refractivity contribution is -0.386. The zero-order chi connectivity index (χ0) is 23.1. The molecule has 2 aromatic heterocycles. The van der Waals surface area contributed by atoms with Crippen molar-refractivity contribution in [1.29, 1.82) is 0 Å². The fraction of sp³-hybridized carbons (Fsp3) is 0.421. The molecule has 0 amide bonds. The zero-order valence-electron chi connectivity index (χ0n) is 17.2. The van der Waals surface area contributed by atoms with E-state index in [2.05, 4.69) is 4.74 Å². The van der Waals surface area contributed by atoms with Crippen LogP contribution in [0.25, 0.3) is 0 Å². The minimum Gasteiger partial charge on any atom is -0.465 e. The second kappa shape index (κ2) is 8.10. The number of nitro groups is 1. The van der Waals surface area contributed by atoms with Gasteiger partial charge in [-0.05, 0) is 26.3 Å². The summed E-state index contributed by atoms with van der Waals surface area (Å²) in [5.74, 6) is -1.31. The first-order valence-electron chi connectivity index (χ1n) is 9.34. The Morgan fingerprint density at radius 2 is 1.97 bits per heavy atom. The second-order valence-corrected chi connectivity index (χ2v) is 9.66. The van der Waals surface area contributed by atoms with Gasteiger partial charge in [-0.2, -0.15) is 0 Å². The van der Waals surface area contributed by atoms with Gasteiger partial charge in [-0.15, -0.1) is 0 Å². The van der Waals surface area contributed by atoms with E-state index in [1.54, 1.807) is 24.5 Å². The molecular weight excluding hydrogens is 430 g/mol. The Morgan fingerprint density at radius 1 is 1.29 bits per heavy atom. The smallest absolute Gasteiger partial charge is 0.339 e. The molecule has 3 rings (SSSR count). The molecule has 0 radical (unpaired) electrons. The molecule has 0 bridgehead atoms. The van der Waals surface area contributed by atoms with Crippen LogP contribution in [0.1, 0.15) is 44.6 Å². The Balaban J connectivity index is 1.98. The third-order valence-electron chi connectivity index (χ3n) is 5.36. The van der Waals surface area contributed by atoms with Crippen LogP contribution < -0.4 is 5.56 Å². The molecule has 1 atom stereocenters. The normalized spacial score (nSPS) is 17.5. The molecule has 31 heavy (non-hydrogen) atoms. The average Bonchev–Trinajstić information content (AvgIpc) is 3.20. The highest BCUT2D eigenvalue weighted by Crippen LogP contribution is 2.29. The van der Waals surface area contributed by atoms with Crippen LogP contribution in [0.2, 0.25) is 0 Å². The number of ketones is 1. The monoisotopic (exact) mass is 451 g/mol. The minimum absolute atomic E-state index is 0.0101. The Morgan fingerprint density at radius 3 is 2.52 bits per heavy atom. The lowest BCUT2D eigenvalue weighted by atomic mass is 10.1. The molecule has 3 heterocycles. The molecule has 1 aliphatic heterocycles. The van der Waals surface area contributed by atoms with E-state index in [4.69, 9.17) is 0 Å². The van der Waals surface area contributed by atoms with Gasteiger partial charge in [0.25, 0.3) is 0 Å². The zero-order valence-corrected chi connectivity index (χ0v) is 18.0. The summed E-state index contributed by atoms with van der Waals surface area (Å²) in [5.41, 5.74) is -0.581. The predicted octanol–water partition coefficient (Wildman–Crippen LogP) is 1.20. The summed E-state index contributed by atoms with van der Waals surface area (Å²) in [5, 5.41) is 11.2. The number of ether oxygens (including phenoxy) is 1. The molecule has 166 valence electrons. The summed E-state index contributed by atoms with van der Waals surface area (Å²) in [7, 11) is -2.04. The first kappa shape index (κ1) is 22.4. The number of pyridine rings is 1. The number of methoxy groups -OCH3 is 1. The topological polar surface area (TPSA) is 148 Å². The van der Waals surface area contributed by atoms with Gasteiger partial charge in [0.1, 0.15) is 0 Å². The van der Waals surface area contributed by atoms with Crippen LogP contribution in [-0.2, 0) is 21.1 Å². The number of rotatable bonds is 6. The summed E-state index contributed by atoms with van der Waals surface area (Å²) in [6.07, 6.45) is 1.49. The largest absolute Gasteiger partial charge is 0.465 e. The Hall–Kier alpha value is -3.28. The molecule has 0 spiro atoms. The number of sulfone groups is 1. The lowest BCUT2D eigenvalue weighted by Crippen LogP contribution is -2.27. The molecular formula is C19H21N3O8S. The Bertz CT molecular complexity index is 1260.